The molecule has 1 unspecified atom stereocenters. The van der Waals surface area contributed by atoms with Gasteiger partial charge in [0, 0.05) is 4.88 Å². The SMILES string of the molecule is CC(C)C(Nc1c(N)cccc1F)c1cccs1. The molecule has 0 saturated heterocycles. The zero-order valence-corrected chi connectivity index (χ0v) is 11.3. The molecule has 3 N–H and O–H groups in total. The van der Waals surface area contributed by atoms with Crippen LogP contribution in [-0.2, 0) is 0 Å². The van der Waals surface area contributed by atoms with Gasteiger partial charge in [0.25, 0.3) is 0 Å². The molecule has 0 aliphatic rings. The first-order valence-corrected chi connectivity index (χ1v) is 6.81. The first kappa shape index (κ1) is 12.9. The second kappa shape index (κ2) is 5.40. The Morgan fingerprint density at radius 2 is 2.00 bits per heavy atom. The molecule has 1 heterocycles. The van der Waals surface area contributed by atoms with E-state index >= 15 is 0 Å². The van der Waals surface area contributed by atoms with Gasteiger partial charge in [0.1, 0.15) is 5.82 Å². The summed E-state index contributed by atoms with van der Waals surface area (Å²) in [6, 6.07) is 8.87. The smallest absolute Gasteiger partial charge is 0.148 e. The van der Waals surface area contributed by atoms with Gasteiger partial charge in [-0.3, -0.25) is 0 Å². The summed E-state index contributed by atoms with van der Waals surface area (Å²) in [5.74, 6) is 0.0415. The molecular formula is C14H17FN2S. The first-order chi connectivity index (χ1) is 8.59. The van der Waals surface area contributed by atoms with Crippen molar-refractivity contribution >= 4 is 22.7 Å². The maximum Gasteiger partial charge on any atom is 0.148 e. The lowest BCUT2D eigenvalue weighted by molar-refractivity contribution is 0.547. The lowest BCUT2D eigenvalue weighted by Crippen LogP contribution is -2.17. The number of hydrogen-bond donors (Lipinski definition) is 2. The Morgan fingerprint density at radius 1 is 1.22 bits per heavy atom. The van der Waals surface area contributed by atoms with Crippen LogP contribution in [0.1, 0.15) is 24.8 Å². The highest BCUT2D eigenvalue weighted by Crippen LogP contribution is 2.32. The predicted molar refractivity (Wildman–Crippen MR) is 76.3 cm³/mol. The largest absolute Gasteiger partial charge is 0.397 e. The standard InChI is InChI=1S/C14H17FN2S/c1-9(2)13(12-7-4-8-18-12)17-14-10(15)5-3-6-11(14)16/h3-9,13,17H,16H2,1-2H3. The van der Waals surface area contributed by atoms with Gasteiger partial charge in [0.05, 0.1) is 17.4 Å². The van der Waals surface area contributed by atoms with E-state index in [-0.39, 0.29) is 11.9 Å². The van der Waals surface area contributed by atoms with Crippen LogP contribution in [0, 0.1) is 11.7 Å². The predicted octanol–water partition coefficient (Wildman–Crippen LogP) is 4.28. The van der Waals surface area contributed by atoms with E-state index in [0.717, 1.165) is 0 Å². The van der Waals surface area contributed by atoms with Crippen molar-refractivity contribution in [2.75, 3.05) is 11.1 Å². The van der Waals surface area contributed by atoms with Crippen molar-refractivity contribution in [2.24, 2.45) is 5.92 Å². The van der Waals surface area contributed by atoms with Crippen molar-refractivity contribution in [3.63, 3.8) is 0 Å². The molecule has 4 heteroatoms. The Bertz CT molecular complexity index is 488. The summed E-state index contributed by atoms with van der Waals surface area (Å²) in [5, 5.41) is 5.25. The van der Waals surface area contributed by atoms with Gasteiger partial charge < -0.3 is 11.1 Å². The van der Waals surface area contributed by atoms with E-state index in [0.29, 0.717) is 17.3 Å². The Labute approximate surface area is 111 Å². The summed E-state index contributed by atoms with van der Waals surface area (Å²) in [7, 11) is 0. The van der Waals surface area contributed by atoms with Crippen LogP contribution in [0.5, 0.6) is 0 Å². The van der Waals surface area contributed by atoms with Crippen LogP contribution < -0.4 is 11.1 Å². The minimum absolute atomic E-state index is 0.0733. The molecule has 1 aromatic heterocycles. The third-order valence-corrected chi connectivity index (χ3v) is 3.82. The fourth-order valence-corrected chi connectivity index (χ4v) is 2.83. The van der Waals surface area contributed by atoms with Crippen LogP contribution in [0.25, 0.3) is 0 Å². The second-order valence-electron chi connectivity index (χ2n) is 4.59. The molecule has 0 bridgehead atoms. The van der Waals surface area contributed by atoms with E-state index in [1.54, 1.807) is 23.5 Å². The highest BCUT2D eigenvalue weighted by Gasteiger charge is 2.19. The van der Waals surface area contributed by atoms with Crippen LogP contribution in [0.2, 0.25) is 0 Å². The molecule has 0 amide bonds. The van der Waals surface area contributed by atoms with Gasteiger partial charge in [-0.1, -0.05) is 26.0 Å². The summed E-state index contributed by atoms with van der Waals surface area (Å²) in [6.07, 6.45) is 0. The van der Waals surface area contributed by atoms with E-state index < -0.39 is 0 Å². The number of thiophene rings is 1. The maximum atomic E-state index is 13.8. The van der Waals surface area contributed by atoms with Crippen LogP contribution in [-0.4, -0.2) is 0 Å². The third-order valence-electron chi connectivity index (χ3n) is 2.86. The number of benzene rings is 1. The van der Waals surface area contributed by atoms with Gasteiger partial charge in [0.15, 0.2) is 0 Å². The summed E-state index contributed by atoms with van der Waals surface area (Å²) < 4.78 is 13.8. The van der Waals surface area contributed by atoms with E-state index in [2.05, 4.69) is 25.2 Å². The summed E-state index contributed by atoms with van der Waals surface area (Å²) in [5.41, 5.74) is 6.66. The molecule has 18 heavy (non-hydrogen) atoms. The van der Waals surface area contributed by atoms with Gasteiger partial charge in [-0.2, -0.15) is 0 Å². The Morgan fingerprint density at radius 3 is 2.56 bits per heavy atom. The van der Waals surface area contributed by atoms with E-state index in [9.17, 15) is 4.39 Å². The molecule has 0 saturated carbocycles. The Balaban J connectivity index is 2.30. The zero-order valence-electron chi connectivity index (χ0n) is 10.5. The van der Waals surface area contributed by atoms with Gasteiger partial charge >= 0.3 is 0 Å². The number of halogens is 1. The molecular weight excluding hydrogens is 247 g/mol. The molecule has 0 aliphatic heterocycles. The molecule has 1 atom stereocenters. The Kier molecular flexibility index (Phi) is 3.87. The molecule has 0 fully saturated rings. The molecule has 2 aromatic rings. The van der Waals surface area contributed by atoms with E-state index in [4.69, 9.17) is 5.73 Å². The molecule has 2 nitrogen and oxygen atoms in total. The normalized spacial score (nSPS) is 12.7. The molecule has 0 aliphatic carbocycles. The number of para-hydroxylation sites is 1. The molecule has 96 valence electrons. The number of nitrogen functional groups attached to an aromatic ring is 1. The minimum Gasteiger partial charge on any atom is -0.397 e. The van der Waals surface area contributed by atoms with Crippen LogP contribution in [0.4, 0.5) is 15.8 Å². The van der Waals surface area contributed by atoms with Gasteiger partial charge in [-0.25, -0.2) is 4.39 Å². The average molecular weight is 264 g/mol. The fourth-order valence-electron chi connectivity index (χ4n) is 1.88. The highest BCUT2D eigenvalue weighted by molar-refractivity contribution is 7.10. The van der Waals surface area contributed by atoms with Crippen LogP contribution in [0.3, 0.4) is 0 Å². The maximum absolute atomic E-state index is 13.8. The van der Waals surface area contributed by atoms with E-state index in [1.165, 1.54) is 10.9 Å². The molecule has 2 rings (SSSR count). The summed E-state index contributed by atoms with van der Waals surface area (Å²) in [4.78, 5) is 1.19. The van der Waals surface area contributed by atoms with Gasteiger partial charge in [-0.05, 0) is 29.5 Å². The van der Waals surface area contributed by atoms with Gasteiger partial charge in [-0.15, -0.1) is 11.3 Å². The Hall–Kier alpha value is -1.55. The van der Waals surface area contributed by atoms with Crippen LogP contribution >= 0.6 is 11.3 Å². The first-order valence-electron chi connectivity index (χ1n) is 5.93. The molecule has 0 spiro atoms. The highest BCUT2D eigenvalue weighted by atomic mass is 32.1. The van der Waals surface area contributed by atoms with Crippen molar-refractivity contribution in [2.45, 2.75) is 19.9 Å². The number of anilines is 2. The fraction of sp³-hybridized carbons (Fsp3) is 0.286. The number of nitrogens with two attached hydrogens (primary N) is 1. The topological polar surface area (TPSA) is 38.0 Å². The number of nitrogens with one attached hydrogen (secondary N) is 1. The quantitative estimate of drug-likeness (QED) is 0.809. The van der Waals surface area contributed by atoms with Crippen LogP contribution in [0.15, 0.2) is 35.7 Å². The van der Waals surface area contributed by atoms with Crippen molar-refractivity contribution in [3.05, 3.63) is 46.4 Å². The number of rotatable bonds is 4. The molecule has 1 aromatic carbocycles. The lowest BCUT2D eigenvalue weighted by atomic mass is 10.0. The minimum atomic E-state index is -0.308. The second-order valence-corrected chi connectivity index (χ2v) is 5.56. The number of hydrogen-bond acceptors (Lipinski definition) is 3. The van der Waals surface area contributed by atoms with Crippen molar-refractivity contribution in [1.29, 1.82) is 0 Å². The average Bonchev–Trinajstić information content (AvgIpc) is 2.81. The van der Waals surface area contributed by atoms with Crippen molar-refractivity contribution in [3.8, 4) is 0 Å². The van der Waals surface area contributed by atoms with Gasteiger partial charge in [0.2, 0.25) is 0 Å². The van der Waals surface area contributed by atoms with Crippen molar-refractivity contribution in [1.82, 2.24) is 0 Å². The monoisotopic (exact) mass is 264 g/mol. The zero-order chi connectivity index (χ0) is 13.1. The third kappa shape index (κ3) is 2.64. The lowest BCUT2D eigenvalue weighted by Gasteiger charge is -2.23. The van der Waals surface area contributed by atoms with Crippen molar-refractivity contribution < 1.29 is 4.39 Å². The van der Waals surface area contributed by atoms with E-state index in [1.807, 2.05) is 11.4 Å². The summed E-state index contributed by atoms with van der Waals surface area (Å²) >= 11 is 1.66. The summed E-state index contributed by atoms with van der Waals surface area (Å²) in [6.45, 7) is 4.21. The molecule has 0 radical (unpaired) electrons.